The molecule has 0 bridgehead atoms. The van der Waals surface area contributed by atoms with Crippen LogP contribution in [0.3, 0.4) is 0 Å². The number of amides is 2. The number of rotatable bonds is 5. The third-order valence-electron chi connectivity index (χ3n) is 2.62. The minimum Gasteiger partial charge on any atom is -0.348 e. The summed E-state index contributed by atoms with van der Waals surface area (Å²) in [5, 5.41) is 2.81. The molecule has 19 heavy (non-hydrogen) atoms. The lowest BCUT2D eigenvalue weighted by Crippen LogP contribution is -2.38. The van der Waals surface area contributed by atoms with E-state index in [9.17, 15) is 9.59 Å². The molecule has 1 N–H and O–H groups in total. The molecule has 0 aliphatic heterocycles. The number of hydrogen-bond donors (Lipinski definition) is 1. The van der Waals surface area contributed by atoms with Crippen LogP contribution in [0.5, 0.6) is 0 Å². The number of nitrogens with one attached hydrogen (secondary N) is 1. The zero-order valence-corrected chi connectivity index (χ0v) is 11.9. The van der Waals surface area contributed by atoms with Gasteiger partial charge in [-0.2, -0.15) is 0 Å². The van der Waals surface area contributed by atoms with Crippen LogP contribution in [0, 0.1) is 6.92 Å². The molecule has 1 aromatic rings. The number of benzene rings is 1. The molecule has 0 aromatic heterocycles. The molecule has 0 fully saturated rings. The van der Waals surface area contributed by atoms with E-state index in [1.807, 2.05) is 31.2 Å². The first-order valence-electron chi connectivity index (χ1n) is 6.13. The van der Waals surface area contributed by atoms with Crippen LogP contribution in [-0.2, 0) is 9.59 Å². The first-order valence-corrected chi connectivity index (χ1v) is 6.13. The lowest BCUT2D eigenvalue weighted by Gasteiger charge is -2.18. The second-order valence-electron chi connectivity index (χ2n) is 4.88. The molecule has 0 heterocycles. The van der Waals surface area contributed by atoms with Gasteiger partial charge in [-0.25, -0.2) is 0 Å². The van der Waals surface area contributed by atoms with E-state index >= 15 is 0 Å². The van der Waals surface area contributed by atoms with E-state index in [2.05, 4.69) is 5.32 Å². The Morgan fingerprint density at radius 3 is 2.42 bits per heavy atom. The maximum atomic E-state index is 11.8. The van der Waals surface area contributed by atoms with Crippen LogP contribution < -0.4 is 5.32 Å². The van der Waals surface area contributed by atoms with Gasteiger partial charge in [-0.3, -0.25) is 14.5 Å². The first-order chi connectivity index (χ1) is 8.88. The number of anilines is 1. The Hall–Kier alpha value is -1.88. The van der Waals surface area contributed by atoms with Gasteiger partial charge in [0, 0.05) is 19.8 Å². The van der Waals surface area contributed by atoms with Crippen molar-refractivity contribution in [1.82, 2.24) is 9.80 Å². The highest BCUT2D eigenvalue weighted by Gasteiger charge is 2.11. The van der Waals surface area contributed by atoms with E-state index in [1.165, 1.54) is 4.90 Å². The number of nitrogens with zero attached hydrogens (tertiary/aromatic N) is 2. The zero-order chi connectivity index (χ0) is 14.4. The molecular formula is C14H21N3O2. The Labute approximate surface area is 114 Å². The molecule has 0 spiro atoms. The molecule has 104 valence electrons. The smallest absolute Gasteiger partial charge is 0.238 e. The summed E-state index contributed by atoms with van der Waals surface area (Å²) in [5.41, 5.74) is 1.87. The van der Waals surface area contributed by atoms with Crippen molar-refractivity contribution >= 4 is 17.5 Å². The van der Waals surface area contributed by atoms with Crippen molar-refractivity contribution in [2.24, 2.45) is 0 Å². The summed E-state index contributed by atoms with van der Waals surface area (Å²) in [6.45, 7) is 2.39. The van der Waals surface area contributed by atoms with Crippen molar-refractivity contribution in [1.29, 1.82) is 0 Å². The fourth-order valence-electron chi connectivity index (χ4n) is 1.60. The largest absolute Gasteiger partial charge is 0.348 e. The molecule has 0 aliphatic carbocycles. The topological polar surface area (TPSA) is 52.7 Å². The van der Waals surface area contributed by atoms with Crippen molar-refractivity contribution in [2.75, 3.05) is 39.5 Å². The number of hydrogen-bond acceptors (Lipinski definition) is 3. The van der Waals surface area contributed by atoms with Gasteiger partial charge in [-0.05, 0) is 31.7 Å². The van der Waals surface area contributed by atoms with Crippen molar-refractivity contribution in [3.05, 3.63) is 29.8 Å². The zero-order valence-electron chi connectivity index (χ0n) is 11.9. The molecule has 1 rings (SSSR count). The number of aryl methyl sites for hydroxylation is 1. The summed E-state index contributed by atoms with van der Waals surface area (Å²) < 4.78 is 0. The van der Waals surface area contributed by atoms with E-state index in [-0.39, 0.29) is 24.9 Å². The number of carbonyl (C=O) groups is 2. The van der Waals surface area contributed by atoms with E-state index in [1.54, 1.807) is 26.0 Å². The minimum absolute atomic E-state index is 0.0224. The molecule has 0 saturated carbocycles. The minimum atomic E-state index is -0.125. The average Bonchev–Trinajstić information content (AvgIpc) is 2.27. The van der Waals surface area contributed by atoms with Crippen molar-refractivity contribution in [3.63, 3.8) is 0 Å². The Morgan fingerprint density at radius 1 is 1.16 bits per heavy atom. The fourth-order valence-corrected chi connectivity index (χ4v) is 1.60. The van der Waals surface area contributed by atoms with Gasteiger partial charge in [0.2, 0.25) is 11.8 Å². The van der Waals surface area contributed by atoms with Crippen LogP contribution in [0.15, 0.2) is 24.3 Å². The third kappa shape index (κ3) is 5.52. The van der Waals surface area contributed by atoms with E-state index in [0.29, 0.717) is 0 Å². The van der Waals surface area contributed by atoms with E-state index in [0.717, 1.165) is 11.3 Å². The van der Waals surface area contributed by atoms with Gasteiger partial charge in [-0.1, -0.05) is 12.1 Å². The monoisotopic (exact) mass is 263 g/mol. The van der Waals surface area contributed by atoms with Crippen LogP contribution in [-0.4, -0.2) is 55.8 Å². The summed E-state index contributed by atoms with van der Waals surface area (Å²) in [6, 6.07) is 7.61. The highest BCUT2D eigenvalue weighted by Crippen LogP contribution is 2.09. The van der Waals surface area contributed by atoms with Crippen LogP contribution in [0.1, 0.15) is 5.56 Å². The Bertz CT molecular complexity index is 458. The quantitative estimate of drug-likeness (QED) is 0.860. The van der Waals surface area contributed by atoms with Crippen molar-refractivity contribution in [3.8, 4) is 0 Å². The summed E-state index contributed by atoms with van der Waals surface area (Å²) in [7, 11) is 5.14. The van der Waals surface area contributed by atoms with Gasteiger partial charge in [0.05, 0.1) is 13.1 Å². The predicted octanol–water partition coefficient (Wildman–Crippen LogP) is 0.954. The fraction of sp³-hybridized carbons (Fsp3) is 0.429. The van der Waals surface area contributed by atoms with Crippen molar-refractivity contribution < 1.29 is 9.59 Å². The summed E-state index contributed by atoms with van der Waals surface area (Å²) >= 11 is 0. The van der Waals surface area contributed by atoms with Crippen LogP contribution in [0.4, 0.5) is 5.69 Å². The van der Waals surface area contributed by atoms with Gasteiger partial charge < -0.3 is 10.2 Å². The Kier molecular flexibility index (Phi) is 5.51. The Balaban J connectivity index is 2.45. The maximum absolute atomic E-state index is 11.8. The average molecular weight is 263 g/mol. The standard InChI is InChI=1S/C14H21N3O2/c1-11-6-5-7-12(8-11)15-13(18)9-17(4)10-14(19)16(2)3/h5-8H,9-10H2,1-4H3,(H,15,18). The second kappa shape index (κ2) is 6.89. The summed E-state index contributed by atoms with van der Waals surface area (Å²) in [5.74, 6) is -0.148. The molecule has 5 nitrogen and oxygen atoms in total. The molecule has 5 heteroatoms. The molecule has 0 radical (unpaired) electrons. The normalized spacial score (nSPS) is 10.4. The van der Waals surface area contributed by atoms with Gasteiger partial charge in [-0.15, -0.1) is 0 Å². The maximum Gasteiger partial charge on any atom is 0.238 e. The predicted molar refractivity (Wildman–Crippen MR) is 76.0 cm³/mol. The number of likely N-dealkylation sites (N-methyl/N-ethyl adjacent to an activating group) is 2. The van der Waals surface area contributed by atoms with E-state index in [4.69, 9.17) is 0 Å². The van der Waals surface area contributed by atoms with Crippen molar-refractivity contribution in [2.45, 2.75) is 6.92 Å². The van der Waals surface area contributed by atoms with Crippen LogP contribution in [0.2, 0.25) is 0 Å². The third-order valence-corrected chi connectivity index (χ3v) is 2.62. The van der Waals surface area contributed by atoms with Gasteiger partial charge in [0.15, 0.2) is 0 Å². The molecule has 2 amide bonds. The lowest BCUT2D eigenvalue weighted by molar-refractivity contribution is -0.130. The highest BCUT2D eigenvalue weighted by molar-refractivity contribution is 5.92. The van der Waals surface area contributed by atoms with E-state index < -0.39 is 0 Å². The highest BCUT2D eigenvalue weighted by atomic mass is 16.2. The molecule has 0 atom stereocenters. The molecular weight excluding hydrogens is 242 g/mol. The first kappa shape index (κ1) is 15.2. The van der Waals surface area contributed by atoms with Crippen LogP contribution >= 0.6 is 0 Å². The molecule has 1 aromatic carbocycles. The Morgan fingerprint density at radius 2 is 1.84 bits per heavy atom. The number of carbonyl (C=O) groups excluding carboxylic acids is 2. The summed E-state index contributed by atoms with van der Waals surface area (Å²) in [6.07, 6.45) is 0. The SMILES string of the molecule is Cc1cccc(NC(=O)CN(C)CC(=O)N(C)C)c1. The van der Waals surface area contributed by atoms with Gasteiger partial charge >= 0.3 is 0 Å². The van der Waals surface area contributed by atoms with Gasteiger partial charge in [0.1, 0.15) is 0 Å². The second-order valence-corrected chi connectivity index (χ2v) is 4.88. The van der Waals surface area contributed by atoms with Gasteiger partial charge in [0.25, 0.3) is 0 Å². The lowest BCUT2D eigenvalue weighted by atomic mass is 10.2. The van der Waals surface area contributed by atoms with Crippen LogP contribution in [0.25, 0.3) is 0 Å². The molecule has 0 unspecified atom stereocenters. The molecule has 0 saturated heterocycles. The molecule has 0 aliphatic rings. The summed E-state index contributed by atoms with van der Waals surface area (Å²) in [4.78, 5) is 26.5.